The molecule has 29 heavy (non-hydrogen) atoms. The second kappa shape index (κ2) is 9.17. The van der Waals surface area contributed by atoms with Crippen molar-refractivity contribution in [2.24, 2.45) is 0 Å². The van der Waals surface area contributed by atoms with Crippen LogP contribution in [-0.4, -0.2) is 34.9 Å². The van der Waals surface area contributed by atoms with Crippen LogP contribution in [0, 0.1) is 5.82 Å². The van der Waals surface area contributed by atoms with Gasteiger partial charge in [0.05, 0.1) is 11.8 Å². The van der Waals surface area contributed by atoms with Crippen LogP contribution >= 0.6 is 0 Å². The van der Waals surface area contributed by atoms with E-state index in [1.54, 1.807) is 6.07 Å². The standard InChI is InChI=1S/C21H21F4N3O/c22-18-11-15(12-26-13-18)4-5-20(29)27-19-6-8-28(9-7-19)14-16-2-1-3-17(10-16)21(23,24)25/h1-5,10-13,19H,6-9,14H2,(H,27,29)/b5-4+. The average molecular weight is 407 g/mol. The highest BCUT2D eigenvalue weighted by atomic mass is 19.4. The zero-order valence-electron chi connectivity index (χ0n) is 15.6. The largest absolute Gasteiger partial charge is 0.416 e. The molecule has 1 aromatic carbocycles. The number of likely N-dealkylation sites (tertiary alicyclic amines) is 1. The Morgan fingerprint density at radius 2 is 1.97 bits per heavy atom. The van der Waals surface area contributed by atoms with Gasteiger partial charge in [0.2, 0.25) is 5.91 Å². The number of benzene rings is 1. The number of carbonyl (C=O) groups is 1. The number of piperidine rings is 1. The number of carbonyl (C=O) groups excluding carboxylic acids is 1. The number of amides is 1. The van der Waals surface area contributed by atoms with Gasteiger partial charge in [0.25, 0.3) is 0 Å². The highest BCUT2D eigenvalue weighted by Gasteiger charge is 2.30. The van der Waals surface area contributed by atoms with E-state index in [0.29, 0.717) is 43.6 Å². The molecule has 1 amide bonds. The molecule has 8 heteroatoms. The normalized spacial score (nSPS) is 16.3. The van der Waals surface area contributed by atoms with Gasteiger partial charge < -0.3 is 5.32 Å². The van der Waals surface area contributed by atoms with Crippen molar-refractivity contribution in [1.82, 2.24) is 15.2 Å². The predicted octanol–water partition coefficient (Wildman–Crippen LogP) is 4.03. The number of halogens is 4. The minimum Gasteiger partial charge on any atom is -0.350 e. The van der Waals surface area contributed by atoms with Crippen molar-refractivity contribution in [3.8, 4) is 0 Å². The summed E-state index contributed by atoms with van der Waals surface area (Å²) in [7, 11) is 0. The van der Waals surface area contributed by atoms with Gasteiger partial charge in [-0.1, -0.05) is 18.2 Å². The summed E-state index contributed by atoms with van der Waals surface area (Å²) in [6, 6.07) is 6.64. The molecule has 3 rings (SSSR count). The number of rotatable bonds is 5. The quantitative estimate of drug-likeness (QED) is 0.601. The van der Waals surface area contributed by atoms with Crippen LogP contribution in [0.3, 0.4) is 0 Å². The lowest BCUT2D eigenvalue weighted by Gasteiger charge is -2.32. The van der Waals surface area contributed by atoms with Gasteiger partial charge in [0, 0.05) is 37.9 Å². The van der Waals surface area contributed by atoms with Crippen molar-refractivity contribution in [3.63, 3.8) is 0 Å². The summed E-state index contributed by atoms with van der Waals surface area (Å²) in [5, 5.41) is 2.90. The molecule has 2 heterocycles. The molecule has 154 valence electrons. The SMILES string of the molecule is O=C(/C=C/c1cncc(F)c1)NC1CCN(Cc2cccc(C(F)(F)F)c2)CC1. The predicted molar refractivity (Wildman–Crippen MR) is 101 cm³/mol. The maximum atomic E-state index is 13.1. The lowest BCUT2D eigenvalue weighted by molar-refractivity contribution is -0.137. The summed E-state index contributed by atoms with van der Waals surface area (Å²) in [4.78, 5) is 17.8. The number of alkyl halides is 3. The van der Waals surface area contributed by atoms with Gasteiger partial charge in [-0.3, -0.25) is 14.7 Å². The van der Waals surface area contributed by atoms with E-state index in [0.717, 1.165) is 12.3 Å². The van der Waals surface area contributed by atoms with Crippen molar-refractivity contribution in [2.75, 3.05) is 13.1 Å². The molecule has 0 saturated carbocycles. The molecule has 1 N–H and O–H groups in total. The Bertz CT molecular complexity index is 874. The maximum Gasteiger partial charge on any atom is 0.416 e. The minimum absolute atomic E-state index is 0.00413. The van der Waals surface area contributed by atoms with Gasteiger partial charge in [0.15, 0.2) is 0 Å². The van der Waals surface area contributed by atoms with Gasteiger partial charge in [-0.15, -0.1) is 0 Å². The van der Waals surface area contributed by atoms with Crippen LogP contribution < -0.4 is 5.32 Å². The number of pyridine rings is 1. The molecule has 1 aromatic heterocycles. The van der Waals surface area contributed by atoms with Crippen LogP contribution in [0.15, 0.2) is 48.8 Å². The molecule has 0 unspecified atom stereocenters. The van der Waals surface area contributed by atoms with Gasteiger partial charge in [0.1, 0.15) is 5.82 Å². The Kier molecular flexibility index (Phi) is 6.64. The summed E-state index contributed by atoms with van der Waals surface area (Å²) in [5.41, 5.74) is 0.474. The smallest absolute Gasteiger partial charge is 0.350 e. The molecule has 4 nitrogen and oxygen atoms in total. The number of hydrogen-bond donors (Lipinski definition) is 1. The van der Waals surface area contributed by atoms with Crippen LogP contribution in [0.4, 0.5) is 17.6 Å². The van der Waals surface area contributed by atoms with E-state index >= 15 is 0 Å². The Morgan fingerprint density at radius 1 is 1.21 bits per heavy atom. The summed E-state index contributed by atoms with van der Waals surface area (Å²) in [6.07, 6.45) is 2.45. The van der Waals surface area contributed by atoms with Crippen molar-refractivity contribution < 1.29 is 22.4 Å². The fraction of sp³-hybridized carbons (Fsp3) is 0.333. The Hall–Kier alpha value is -2.74. The number of nitrogens with one attached hydrogen (secondary N) is 1. The molecule has 1 aliphatic heterocycles. The van der Waals surface area contributed by atoms with E-state index in [1.165, 1.54) is 36.5 Å². The summed E-state index contributed by atoms with van der Waals surface area (Å²) >= 11 is 0. The Balaban J connectivity index is 1.46. The molecule has 0 bridgehead atoms. The zero-order chi connectivity index (χ0) is 20.9. The Labute approximate surface area is 166 Å². The highest BCUT2D eigenvalue weighted by Crippen LogP contribution is 2.30. The van der Waals surface area contributed by atoms with Crippen LogP contribution in [0.2, 0.25) is 0 Å². The molecular formula is C21H21F4N3O. The van der Waals surface area contributed by atoms with Crippen molar-refractivity contribution in [2.45, 2.75) is 31.6 Å². The van der Waals surface area contributed by atoms with Crippen molar-refractivity contribution >= 4 is 12.0 Å². The van der Waals surface area contributed by atoms with Crippen LogP contribution in [0.25, 0.3) is 6.08 Å². The third-order valence-electron chi connectivity index (χ3n) is 4.75. The molecule has 2 aromatic rings. The fourth-order valence-electron chi connectivity index (χ4n) is 3.28. The van der Waals surface area contributed by atoms with E-state index in [2.05, 4.69) is 15.2 Å². The topological polar surface area (TPSA) is 45.2 Å². The minimum atomic E-state index is -4.34. The molecule has 0 radical (unpaired) electrons. The van der Waals surface area contributed by atoms with E-state index < -0.39 is 17.6 Å². The second-order valence-electron chi connectivity index (χ2n) is 7.03. The third-order valence-corrected chi connectivity index (χ3v) is 4.75. The van der Waals surface area contributed by atoms with Gasteiger partial charge in [-0.25, -0.2) is 4.39 Å². The van der Waals surface area contributed by atoms with E-state index in [4.69, 9.17) is 0 Å². The second-order valence-corrected chi connectivity index (χ2v) is 7.03. The molecule has 0 atom stereocenters. The summed E-state index contributed by atoms with van der Waals surface area (Å²) in [5.74, 6) is -0.744. The zero-order valence-corrected chi connectivity index (χ0v) is 15.6. The first-order chi connectivity index (χ1) is 13.8. The van der Waals surface area contributed by atoms with Gasteiger partial charge in [-0.05, 0) is 42.2 Å². The molecule has 0 spiro atoms. The van der Waals surface area contributed by atoms with Crippen LogP contribution in [0.5, 0.6) is 0 Å². The van der Waals surface area contributed by atoms with E-state index in [-0.39, 0.29) is 11.9 Å². The van der Waals surface area contributed by atoms with Crippen LogP contribution in [0.1, 0.15) is 29.5 Å². The van der Waals surface area contributed by atoms with Crippen molar-refractivity contribution in [3.05, 3.63) is 71.3 Å². The lowest BCUT2D eigenvalue weighted by Crippen LogP contribution is -2.43. The number of aromatic nitrogens is 1. The molecule has 1 aliphatic rings. The van der Waals surface area contributed by atoms with Crippen molar-refractivity contribution in [1.29, 1.82) is 0 Å². The fourth-order valence-corrected chi connectivity index (χ4v) is 3.28. The Morgan fingerprint density at radius 3 is 2.66 bits per heavy atom. The van der Waals surface area contributed by atoms with Crippen LogP contribution in [-0.2, 0) is 17.5 Å². The first kappa shape index (κ1) is 21.0. The van der Waals surface area contributed by atoms with Gasteiger partial charge >= 0.3 is 6.18 Å². The summed E-state index contributed by atoms with van der Waals surface area (Å²) in [6.45, 7) is 1.80. The average Bonchev–Trinajstić information content (AvgIpc) is 2.68. The lowest BCUT2D eigenvalue weighted by atomic mass is 10.0. The maximum absolute atomic E-state index is 13.1. The first-order valence-electron chi connectivity index (χ1n) is 9.27. The summed E-state index contributed by atoms with van der Waals surface area (Å²) < 4.78 is 51.6. The van der Waals surface area contributed by atoms with E-state index in [1.807, 2.05) is 0 Å². The highest BCUT2D eigenvalue weighted by molar-refractivity contribution is 5.91. The molecule has 1 fully saturated rings. The molecule has 1 saturated heterocycles. The molecular weight excluding hydrogens is 386 g/mol. The molecule has 0 aliphatic carbocycles. The van der Waals surface area contributed by atoms with Gasteiger partial charge in [-0.2, -0.15) is 13.2 Å². The number of nitrogens with zero attached hydrogens (tertiary/aromatic N) is 2. The third kappa shape index (κ3) is 6.39. The number of hydrogen-bond acceptors (Lipinski definition) is 3. The van der Waals surface area contributed by atoms with E-state index in [9.17, 15) is 22.4 Å². The first-order valence-corrected chi connectivity index (χ1v) is 9.27. The monoisotopic (exact) mass is 407 g/mol.